The van der Waals surface area contributed by atoms with Crippen LogP contribution in [0.1, 0.15) is 12.8 Å². The number of rotatable bonds is 9. The van der Waals surface area contributed by atoms with Gasteiger partial charge >= 0.3 is 0 Å². The van der Waals surface area contributed by atoms with Crippen molar-refractivity contribution in [3.05, 3.63) is 72.8 Å². The first kappa shape index (κ1) is 26.2. The Morgan fingerprint density at radius 1 is 0.857 bits per heavy atom. The van der Waals surface area contributed by atoms with E-state index < -0.39 is 10.0 Å². The minimum absolute atomic E-state index is 0. The third-order valence-electron chi connectivity index (χ3n) is 5.61. The number of hydrogen-bond donors (Lipinski definition) is 4. The number of anilines is 3. The predicted octanol–water partition coefficient (Wildman–Crippen LogP) is 0.360. The van der Waals surface area contributed by atoms with E-state index in [1.54, 1.807) is 12.1 Å². The molecule has 0 bridgehead atoms. The van der Waals surface area contributed by atoms with Gasteiger partial charge in [0.2, 0.25) is 21.1 Å². The standard InChI is InChI=1S/C25H28N6O2S.BrH/c1-31-22-10-4-2-8-20(22)24(21-9-3-5-11-23(21)31)29-18-12-14-19(15-13-18)30-34(32,33)17-7-6-16-28-25(26)27;/h2-5,8-15,30H,6-7,16-17H2,1H3,(H4,26,27,28);1H. The molecular weight excluding hydrogens is 528 g/mol. The fraction of sp³-hybridized carbons (Fsp3) is 0.200. The molecule has 0 amide bonds. The Morgan fingerprint density at radius 3 is 1.97 bits per heavy atom. The van der Waals surface area contributed by atoms with Crippen LogP contribution in [-0.4, -0.2) is 26.7 Å². The average molecular weight is 558 g/mol. The van der Waals surface area contributed by atoms with Gasteiger partial charge in [-0.05, 0) is 49.2 Å². The number of fused-ring (bicyclic) bond motifs is 2. The van der Waals surface area contributed by atoms with E-state index in [0.717, 1.165) is 33.2 Å². The summed E-state index contributed by atoms with van der Waals surface area (Å²) in [4.78, 5) is 3.86. The third kappa shape index (κ3) is 6.40. The van der Waals surface area contributed by atoms with Gasteiger partial charge in [-0.25, -0.2) is 8.42 Å². The number of aryl methyl sites for hydroxylation is 1. The van der Waals surface area contributed by atoms with Crippen LogP contribution in [0.25, 0.3) is 21.8 Å². The molecule has 0 spiro atoms. The van der Waals surface area contributed by atoms with Crippen LogP contribution in [0.3, 0.4) is 0 Å². The zero-order valence-electron chi connectivity index (χ0n) is 19.4. The van der Waals surface area contributed by atoms with Gasteiger partial charge in [0.15, 0.2) is 5.96 Å². The first-order chi connectivity index (χ1) is 16.3. The van der Waals surface area contributed by atoms with E-state index >= 15 is 0 Å². The molecule has 0 saturated heterocycles. The number of aliphatic imine (C=N–C) groups is 1. The van der Waals surface area contributed by atoms with Crippen molar-refractivity contribution in [2.75, 3.05) is 22.3 Å². The fourth-order valence-corrected chi connectivity index (χ4v) is 5.15. The summed E-state index contributed by atoms with van der Waals surface area (Å²) in [5.41, 5.74) is 15.2. The number of hydrogen-bond acceptors (Lipinski definition) is 4. The fourth-order valence-electron chi connectivity index (χ4n) is 3.97. The Balaban J connectivity index is 0.00000342. The minimum atomic E-state index is -3.45. The van der Waals surface area contributed by atoms with Crippen LogP contribution in [0.2, 0.25) is 0 Å². The first-order valence-corrected chi connectivity index (χ1v) is 12.7. The second kappa shape index (κ2) is 11.4. The molecule has 0 unspecified atom stereocenters. The van der Waals surface area contributed by atoms with Gasteiger partial charge in [0.05, 0.1) is 22.2 Å². The molecule has 35 heavy (non-hydrogen) atoms. The van der Waals surface area contributed by atoms with E-state index in [4.69, 9.17) is 11.5 Å². The van der Waals surface area contributed by atoms with Crippen LogP contribution in [0.15, 0.2) is 77.8 Å². The van der Waals surface area contributed by atoms with Gasteiger partial charge in [-0.1, -0.05) is 24.3 Å². The highest BCUT2D eigenvalue weighted by Gasteiger charge is 2.17. The molecule has 0 radical (unpaired) electrons. The Hall–Kier alpha value is -3.37. The van der Waals surface area contributed by atoms with Crippen LogP contribution >= 0.6 is 0 Å². The van der Waals surface area contributed by atoms with Crippen molar-refractivity contribution in [1.29, 1.82) is 0 Å². The van der Waals surface area contributed by atoms with E-state index in [9.17, 15) is 8.42 Å². The second-order valence-corrected chi connectivity index (χ2v) is 9.95. The lowest BCUT2D eigenvalue weighted by Gasteiger charge is -2.13. The maximum Gasteiger partial charge on any atom is 0.232 e. The monoisotopic (exact) mass is 556 g/mol. The predicted molar refractivity (Wildman–Crippen MR) is 140 cm³/mol. The molecule has 0 aliphatic carbocycles. The van der Waals surface area contributed by atoms with Crippen molar-refractivity contribution in [3.8, 4) is 0 Å². The number of pyridine rings is 1. The van der Waals surface area contributed by atoms with Crippen LogP contribution in [0.5, 0.6) is 0 Å². The molecule has 1 aromatic heterocycles. The molecule has 0 saturated carbocycles. The Labute approximate surface area is 215 Å². The number of para-hydroxylation sites is 2. The number of unbranched alkanes of at least 4 members (excludes halogenated alkanes) is 1. The van der Waals surface area contributed by atoms with Gasteiger partial charge in [-0.3, -0.25) is 9.71 Å². The van der Waals surface area contributed by atoms with Crippen LogP contribution in [0, 0.1) is 0 Å². The number of nitrogens with zero attached hydrogens (tertiary/aromatic N) is 2. The van der Waals surface area contributed by atoms with Gasteiger partial charge in [-0.15, -0.1) is 0 Å². The summed E-state index contributed by atoms with van der Waals surface area (Å²) in [6.45, 7) is 0.416. The molecule has 0 atom stereocenters. The summed E-state index contributed by atoms with van der Waals surface area (Å²) >= 11 is 0. The summed E-state index contributed by atoms with van der Waals surface area (Å²) < 4.78 is 29.6. The summed E-state index contributed by atoms with van der Waals surface area (Å²) in [6, 6.07) is 23.8. The molecule has 4 rings (SSSR count). The topological polar surface area (TPSA) is 126 Å². The molecule has 10 heteroatoms. The lowest BCUT2D eigenvalue weighted by atomic mass is 10.1. The summed E-state index contributed by atoms with van der Waals surface area (Å²) in [5.74, 6) is 0.0199. The van der Waals surface area contributed by atoms with Gasteiger partial charge < -0.3 is 33.8 Å². The van der Waals surface area contributed by atoms with E-state index in [0.29, 0.717) is 25.1 Å². The van der Waals surface area contributed by atoms with Gasteiger partial charge in [0.1, 0.15) is 7.05 Å². The Morgan fingerprint density at radius 2 is 1.40 bits per heavy atom. The lowest BCUT2D eigenvalue weighted by molar-refractivity contribution is -0.617. The molecular formula is C25H29BrN6O2S. The Kier molecular flexibility index (Phi) is 8.52. The van der Waals surface area contributed by atoms with Gasteiger partial charge in [0, 0.05) is 30.1 Å². The normalized spacial score (nSPS) is 11.1. The van der Waals surface area contributed by atoms with Crippen molar-refractivity contribution >= 4 is 54.9 Å². The van der Waals surface area contributed by atoms with E-state index in [1.807, 2.05) is 36.4 Å². The molecule has 1 heterocycles. The SMILES string of the molecule is C[n+]1c2ccccc2c(Nc2ccc(NS(=O)(=O)CCCCN=C(N)N)cc2)c2ccccc21.[Br-]. The Bertz CT molecular complexity index is 1400. The number of sulfonamides is 1. The van der Waals surface area contributed by atoms with Crippen molar-refractivity contribution < 1.29 is 30.0 Å². The van der Waals surface area contributed by atoms with E-state index in [2.05, 4.69) is 50.9 Å². The second-order valence-electron chi connectivity index (χ2n) is 8.11. The summed E-state index contributed by atoms with van der Waals surface area (Å²) in [6.07, 6.45) is 1.07. The summed E-state index contributed by atoms with van der Waals surface area (Å²) in [7, 11) is -1.39. The minimum Gasteiger partial charge on any atom is -1.00 e. The molecule has 184 valence electrons. The van der Waals surface area contributed by atoms with Crippen molar-refractivity contribution in [1.82, 2.24) is 0 Å². The maximum atomic E-state index is 12.4. The largest absolute Gasteiger partial charge is 1.00 e. The molecule has 0 aliphatic rings. The molecule has 0 fully saturated rings. The van der Waals surface area contributed by atoms with Crippen molar-refractivity contribution in [2.45, 2.75) is 12.8 Å². The zero-order chi connectivity index (χ0) is 24.1. The van der Waals surface area contributed by atoms with Crippen LogP contribution < -0.4 is 43.1 Å². The highest BCUT2D eigenvalue weighted by atomic mass is 79.9. The highest BCUT2D eigenvalue weighted by Crippen LogP contribution is 2.32. The number of aromatic nitrogens is 1. The smallest absolute Gasteiger partial charge is 0.232 e. The van der Waals surface area contributed by atoms with Gasteiger partial charge in [0.25, 0.3) is 0 Å². The molecule has 3 aromatic carbocycles. The maximum absolute atomic E-state index is 12.4. The highest BCUT2D eigenvalue weighted by molar-refractivity contribution is 7.92. The zero-order valence-corrected chi connectivity index (χ0v) is 21.8. The number of nitrogens with one attached hydrogen (secondary N) is 2. The average Bonchev–Trinajstić information content (AvgIpc) is 2.82. The summed E-state index contributed by atoms with van der Waals surface area (Å²) in [5, 5.41) is 5.75. The number of guanidine groups is 1. The van der Waals surface area contributed by atoms with Gasteiger partial charge in [-0.2, -0.15) is 4.57 Å². The lowest BCUT2D eigenvalue weighted by Crippen LogP contribution is -3.00. The first-order valence-electron chi connectivity index (χ1n) is 11.1. The molecule has 8 nitrogen and oxygen atoms in total. The third-order valence-corrected chi connectivity index (χ3v) is 6.99. The van der Waals surface area contributed by atoms with E-state index in [1.165, 1.54) is 0 Å². The molecule has 4 aromatic rings. The van der Waals surface area contributed by atoms with Crippen molar-refractivity contribution in [3.63, 3.8) is 0 Å². The van der Waals surface area contributed by atoms with Crippen LogP contribution in [0.4, 0.5) is 17.1 Å². The van der Waals surface area contributed by atoms with Crippen molar-refractivity contribution in [2.24, 2.45) is 23.5 Å². The van der Waals surface area contributed by atoms with E-state index in [-0.39, 0.29) is 28.7 Å². The number of benzene rings is 3. The molecule has 0 aliphatic heterocycles. The van der Waals surface area contributed by atoms with Crippen LogP contribution in [-0.2, 0) is 17.1 Å². The molecule has 6 N–H and O–H groups in total. The number of halogens is 1. The number of nitrogens with two attached hydrogens (primary N) is 2. The quantitative estimate of drug-likeness (QED) is 0.0778.